The molecule has 0 fully saturated rings. The molecule has 1 aliphatic carbocycles. The van der Waals surface area contributed by atoms with Crippen molar-refractivity contribution in [3.63, 3.8) is 0 Å². The van der Waals surface area contributed by atoms with E-state index in [-0.39, 0.29) is 42.4 Å². The van der Waals surface area contributed by atoms with Gasteiger partial charge in [0.15, 0.2) is 17.2 Å². The molecule has 9 heteroatoms. The Balaban J connectivity index is 1.13. The Kier molecular flexibility index (Phi) is 10.2. The van der Waals surface area contributed by atoms with Gasteiger partial charge >= 0.3 is 11.9 Å². The maximum Gasteiger partial charge on any atom is 0.340 e. The molecular weight excluding hydrogens is 709 g/mol. The number of allylic oxidation sites excluding steroid dienone is 2. The number of fused-ring (bicyclic) bond motifs is 6. The number of carbonyl (C=O) groups is 6. The Bertz CT molecular complexity index is 2350. The first-order valence-electron chi connectivity index (χ1n) is 19.0. The number of aryl methyl sites for hydroxylation is 2. The monoisotopic (exact) mass is 752 g/mol. The van der Waals surface area contributed by atoms with Crippen molar-refractivity contribution in [2.24, 2.45) is 5.92 Å². The van der Waals surface area contributed by atoms with E-state index in [0.29, 0.717) is 70.7 Å². The summed E-state index contributed by atoms with van der Waals surface area (Å²) in [6, 6.07) is 22.1. The minimum absolute atomic E-state index is 0.0141. The van der Waals surface area contributed by atoms with Crippen LogP contribution in [0.15, 0.2) is 84.9 Å². The third-order valence-electron chi connectivity index (χ3n) is 11.0. The van der Waals surface area contributed by atoms with Crippen LogP contribution in [0.1, 0.15) is 108 Å². The van der Waals surface area contributed by atoms with Crippen molar-refractivity contribution < 1.29 is 43.0 Å². The van der Waals surface area contributed by atoms with E-state index < -0.39 is 28.9 Å². The molecule has 286 valence electrons. The maximum absolute atomic E-state index is 13.8. The number of rotatable bonds is 13. The van der Waals surface area contributed by atoms with Gasteiger partial charge in [-0.3, -0.25) is 24.0 Å². The lowest BCUT2D eigenvalue weighted by atomic mass is 9.76. The van der Waals surface area contributed by atoms with Gasteiger partial charge in [-0.05, 0) is 85.4 Å². The van der Waals surface area contributed by atoms with E-state index in [9.17, 15) is 28.8 Å². The van der Waals surface area contributed by atoms with E-state index in [1.807, 2.05) is 82.3 Å². The van der Waals surface area contributed by atoms with Crippen LogP contribution in [0.25, 0.3) is 0 Å². The standard InChI is InChI=1S/C47H44O9/c1-27-20-28(2)44(43(21-27)54-29(3)48)46(4,5)26-33(50)23-31-15-17-38-42(25-31)55-41-24-30(22-32(49)10-6-7-12-35-39(51)18-19-40(35)52)14-16-37(41)47(38)36-13-9-8-11-34(36)45(53)56-47/h8-9,11,13-21,24-25,35H,6-7,10,12,22-23,26H2,1-5H3. The zero-order valence-corrected chi connectivity index (χ0v) is 32.3. The van der Waals surface area contributed by atoms with Crippen molar-refractivity contribution in [3.05, 3.63) is 135 Å². The first-order chi connectivity index (χ1) is 26.7. The topological polar surface area (TPSA) is 130 Å². The summed E-state index contributed by atoms with van der Waals surface area (Å²) < 4.78 is 18.5. The Hall–Kier alpha value is -5.96. The minimum Gasteiger partial charge on any atom is -0.456 e. The van der Waals surface area contributed by atoms with Crippen molar-refractivity contribution in [2.45, 2.75) is 90.6 Å². The predicted molar refractivity (Wildman–Crippen MR) is 208 cm³/mol. The van der Waals surface area contributed by atoms with E-state index in [2.05, 4.69) is 0 Å². The summed E-state index contributed by atoms with van der Waals surface area (Å²) in [4.78, 5) is 76.0. The molecule has 9 nitrogen and oxygen atoms in total. The Morgan fingerprint density at radius 3 is 2.04 bits per heavy atom. The van der Waals surface area contributed by atoms with E-state index in [4.69, 9.17) is 14.2 Å². The van der Waals surface area contributed by atoms with Crippen LogP contribution in [0, 0.1) is 19.8 Å². The van der Waals surface area contributed by atoms with Gasteiger partial charge in [0.25, 0.3) is 0 Å². The molecule has 1 atom stereocenters. The number of Topliss-reactive ketones (excluding diaryl/α,β-unsaturated/α-hetero) is 2. The molecule has 2 heterocycles. The summed E-state index contributed by atoms with van der Waals surface area (Å²) in [5.74, 6) is -0.523. The fourth-order valence-electron chi connectivity index (χ4n) is 8.70. The first kappa shape index (κ1) is 38.3. The summed E-state index contributed by atoms with van der Waals surface area (Å²) in [6.45, 7) is 9.19. The Labute approximate surface area is 326 Å². The zero-order valence-electron chi connectivity index (χ0n) is 32.3. The molecular formula is C47H44O9. The van der Waals surface area contributed by atoms with Gasteiger partial charge in [0.1, 0.15) is 28.8 Å². The highest BCUT2D eigenvalue weighted by molar-refractivity contribution is 6.18. The maximum atomic E-state index is 13.8. The van der Waals surface area contributed by atoms with Crippen LogP contribution in [0.5, 0.6) is 17.2 Å². The highest BCUT2D eigenvalue weighted by atomic mass is 16.6. The summed E-state index contributed by atoms with van der Waals surface area (Å²) in [6.07, 6.45) is 4.99. The lowest BCUT2D eigenvalue weighted by Gasteiger charge is -2.37. The average Bonchev–Trinajstić information content (AvgIpc) is 3.60. The second-order valence-corrected chi connectivity index (χ2v) is 15.9. The van der Waals surface area contributed by atoms with Crippen molar-refractivity contribution >= 4 is 35.1 Å². The minimum atomic E-state index is -1.30. The molecule has 56 heavy (non-hydrogen) atoms. The molecule has 4 aromatic rings. The number of hydrogen-bond donors (Lipinski definition) is 0. The molecule has 0 amide bonds. The molecule has 1 unspecified atom stereocenters. The molecule has 0 N–H and O–H groups in total. The normalized spacial score (nSPS) is 17.0. The van der Waals surface area contributed by atoms with Gasteiger partial charge in [0, 0.05) is 60.3 Å². The van der Waals surface area contributed by atoms with Crippen LogP contribution in [0.2, 0.25) is 0 Å². The number of hydrogen-bond acceptors (Lipinski definition) is 9. The smallest absolute Gasteiger partial charge is 0.340 e. The van der Waals surface area contributed by atoms with Crippen LogP contribution >= 0.6 is 0 Å². The van der Waals surface area contributed by atoms with E-state index in [1.165, 1.54) is 19.1 Å². The van der Waals surface area contributed by atoms with Crippen LogP contribution in [-0.4, -0.2) is 35.1 Å². The first-order valence-corrected chi connectivity index (χ1v) is 19.0. The second kappa shape index (κ2) is 14.9. The zero-order chi connectivity index (χ0) is 39.9. The van der Waals surface area contributed by atoms with E-state index in [1.54, 1.807) is 18.2 Å². The molecule has 4 aromatic carbocycles. The number of unbranched alkanes of at least 4 members (excludes halogenated alkanes) is 1. The number of ether oxygens (including phenoxy) is 3. The number of benzene rings is 4. The molecule has 2 aliphatic heterocycles. The molecule has 0 bridgehead atoms. The Morgan fingerprint density at radius 2 is 1.39 bits per heavy atom. The van der Waals surface area contributed by atoms with Crippen LogP contribution in [0.3, 0.4) is 0 Å². The van der Waals surface area contributed by atoms with Gasteiger partial charge in [0.2, 0.25) is 0 Å². The van der Waals surface area contributed by atoms with Crippen molar-refractivity contribution in [1.82, 2.24) is 0 Å². The molecule has 0 saturated heterocycles. The Morgan fingerprint density at radius 1 is 0.768 bits per heavy atom. The molecule has 0 aromatic heterocycles. The van der Waals surface area contributed by atoms with Gasteiger partial charge in [-0.25, -0.2) is 4.79 Å². The van der Waals surface area contributed by atoms with Gasteiger partial charge in [-0.15, -0.1) is 0 Å². The third-order valence-corrected chi connectivity index (χ3v) is 11.0. The molecule has 0 saturated carbocycles. The predicted octanol–water partition coefficient (Wildman–Crippen LogP) is 8.27. The largest absolute Gasteiger partial charge is 0.456 e. The fourth-order valence-corrected chi connectivity index (χ4v) is 8.70. The summed E-state index contributed by atoms with van der Waals surface area (Å²) in [5.41, 5.74) is 4.57. The fraction of sp³-hybridized carbons (Fsp3) is 0.319. The number of carbonyl (C=O) groups excluding carboxylic acids is 6. The van der Waals surface area contributed by atoms with Crippen molar-refractivity contribution in [1.29, 1.82) is 0 Å². The van der Waals surface area contributed by atoms with Gasteiger partial charge < -0.3 is 14.2 Å². The van der Waals surface area contributed by atoms with Crippen molar-refractivity contribution in [3.8, 4) is 17.2 Å². The lowest BCUT2D eigenvalue weighted by molar-refractivity contribution is -0.132. The molecule has 7 rings (SSSR count). The van der Waals surface area contributed by atoms with Crippen LogP contribution in [-0.2, 0) is 52.6 Å². The van der Waals surface area contributed by atoms with Gasteiger partial charge in [0.05, 0.1) is 11.5 Å². The molecule has 3 aliphatic rings. The molecule has 1 spiro atoms. The quantitative estimate of drug-likeness (QED) is 0.0573. The highest BCUT2D eigenvalue weighted by Crippen LogP contribution is 2.56. The SMILES string of the molecule is CC(=O)Oc1cc(C)cc(C)c1C(C)(C)CC(=O)Cc1ccc2c(c1)Oc1cc(CC(=O)CCCCC3C(=O)C=CC3=O)ccc1C21OC(=O)c2ccccc21. The van der Waals surface area contributed by atoms with E-state index >= 15 is 0 Å². The van der Waals surface area contributed by atoms with E-state index in [0.717, 1.165) is 22.3 Å². The lowest BCUT2D eigenvalue weighted by Crippen LogP contribution is -2.33. The van der Waals surface area contributed by atoms with Gasteiger partial charge in [-0.2, -0.15) is 0 Å². The summed E-state index contributed by atoms with van der Waals surface area (Å²) in [7, 11) is 0. The summed E-state index contributed by atoms with van der Waals surface area (Å²) in [5, 5.41) is 0. The van der Waals surface area contributed by atoms with Crippen LogP contribution < -0.4 is 9.47 Å². The van der Waals surface area contributed by atoms with Gasteiger partial charge in [-0.1, -0.05) is 68.8 Å². The second-order valence-electron chi connectivity index (χ2n) is 15.9. The number of esters is 2. The highest BCUT2D eigenvalue weighted by Gasteiger charge is 2.53. The van der Waals surface area contributed by atoms with Crippen LogP contribution in [0.4, 0.5) is 0 Å². The summed E-state index contributed by atoms with van der Waals surface area (Å²) >= 11 is 0. The molecule has 0 radical (unpaired) electrons. The number of ketones is 4. The van der Waals surface area contributed by atoms with Crippen molar-refractivity contribution in [2.75, 3.05) is 0 Å². The third kappa shape index (κ3) is 7.26. The average molecular weight is 753 g/mol.